The molecule has 1 aliphatic rings. The predicted molar refractivity (Wildman–Crippen MR) is 132 cm³/mol. The zero-order valence-electron chi connectivity index (χ0n) is 19.5. The van der Waals surface area contributed by atoms with E-state index in [4.69, 9.17) is 9.84 Å². The van der Waals surface area contributed by atoms with Crippen molar-refractivity contribution in [2.24, 2.45) is 0 Å². The van der Waals surface area contributed by atoms with Gasteiger partial charge in [0.15, 0.2) is 0 Å². The second-order valence-electron chi connectivity index (χ2n) is 8.09. The average molecular weight is 476 g/mol. The Morgan fingerprint density at radius 2 is 1.83 bits per heavy atom. The van der Waals surface area contributed by atoms with Gasteiger partial charge in [0, 0.05) is 23.7 Å². The summed E-state index contributed by atoms with van der Waals surface area (Å²) in [7, 11) is 1.23. The summed E-state index contributed by atoms with van der Waals surface area (Å²) in [4.78, 5) is 36.6. The molecule has 0 radical (unpaired) electrons. The first-order valence-corrected chi connectivity index (χ1v) is 11.3. The molecular weight excluding hydrogens is 446 g/mol. The maximum Gasteiger partial charge on any atom is 0.330 e. The van der Waals surface area contributed by atoms with Gasteiger partial charge in [0.2, 0.25) is 5.91 Å². The second-order valence-corrected chi connectivity index (χ2v) is 8.09. The minimum Gasteiger partial charge on any atom is -0.467 e. The molecule has 8 nitrogen and oxygen atoms in total. The van der Waals surface area contributed by atoms with Crippen LogP contribution in [0.25, 0.3) is 6.08 Å². The third-order valence-corrected chi connectivity index (χ3v) is 5.31. The van der Waals surface area contributed by atoms with Crippen LogP contribution in [0, 0.1) is 11.8 Å². The molecule has 2 aromatic rings. The summed E-state index contributed by atoms with van der Waals surface area (Å²) in [5.41, 5.74) is 2.90. The quantitative estimate of drug-likeness (QED) is 0.305. The van der Waals surface area contributed by atoms with Crippen LogP contribution in [0.5, 0.6) is 0 Å². The first-order valence-electron chi connectivity index (χ1n) is 11.3. The van der Waals surface area contributed by atoms with Gasteiger partial charge in [-0.25, -0.2) is 4.79 Å². The highest BCUT2D eigenvalue weighted by Gasteiger charge is 2.24. The molecule has 2 aromatic carbocycles. The lowest BCUT2D eigenvalue weighted by Gasteiger charge is -2.17. The van der Waals surface area contributed by atoms with Crippen LogP contribution < -0.4 is 16.0 Å². The molecule has 1 atom stereocenters. The van der Waals surface area contributed by atoms with Gasteiger partial charge in [-0.1, -0.05) is 36.1 Å². The van der Waals surface area contributed by atoms with E-state index in [1.807, 2.05) is 30.3 Å². The van der Waals surface area contributed by atoms with E-state index in [1.54, 1.807) is 30.3 Å². The number of allylic oxidation sites excluding steroid dienone is 1. The van der Waals surface area contributed by atoms with Crippen LogP contribution in [-0.4, -0.2) is 55.2 Å². The van der Waals surface area contributed by atoms with E-state index >= 15 is 0 Å². The Morgan fingerprint density at radius 3 is 2.46 bits per heavy atom. The minimum atomic E-state index is -1.01. The Labute approximate surface area is 204 Å². The number of methoxy groups -OCH3 is 1. The molecule has 0 unspecified atom stereocenters. The Hall–Kier alpha value is -3.93. The van der Waals surface area contributed by atoms with Crippen LogP contribution in [0.15, 0.2) is 54.6 Å². The lowest BCUT2D eigenvalue weighted by Crippen LogP contribution is -2.50. The van der Waals surface area contributed by atoms with Crippen molar-refractivity contribution >= 4 is 23.9 Å². The second kappa shape index (κ2) is 13.1. The summed E-state index contributed by atoms with van der Waals surface area (Å²) in [6.07, 6.45) is 5.72. The summed E-state index contributed by atoms with van der Waals surface area (Å²) in [6, 6.07) is 13.5. The van der Waals surface area contributed by atoms with Crippen LogP contribution in [0.3, 0.4) is 0 Å². The summed E-state index contributed by atoms with van der Waals surface area (Å²) in [6.45, 7) is 0.109. The summed E-state index contributed by atoms with van der Waals surface area (Å²) >= 11 is 0. The van der Waals surface area contributed by atoms with E-state index in [0.717, 1.165) is 29.5 Å². The first-order chi connectivity index (χ1) is 17.0. The van der Waals surface area contributed by atoms with Crippen LogP contribution in [0.4, 0.5) is 0 Å². The molecule has 4 N–H and O–H groups in total. The Kier molecular flexibility index (Phi) is 9.60. The number of esters is 1. The molecule has 182 valence electrons. The standard InChI is InChI=1S/C27H29N3O5/c1-35-27(34)24(16-29-25(32)17-28-23-14-15-23)30-26(33)22-12-10-20(11-13-22)5-3-2-4-19-6-8-21(18-31)9-7-19/h2,4,6-13,23-24,28,31H,14-18H2,1H3,(H,29,32)(H,30,33)/b4-2+/t24-/m0/s1. The van der Waals surface area contributed by atoms with Crippen LogP contribution >= 0.6 is 0 Å². The zero-order valence-corrected chi connectivity index (χ0v) is 19.5. The molecule has 3 rings (SSSR count). The van der Waals surface area contributed by atoms with Crippen molar-refractivity contribution < 1.29 is 24.2 Å². The van der Waals surface area contributed by atoms with E-state index in [1.165, 1.54) is 7.11 Å². The van der Waals surface area contributed by atoms with Gasteiger partial charge in [0.25, 0.3) is 5.91 Å². The minimum absolute atomic E-state index is 0.00971. The smallest absolute Gasteiger partial charge is 0.330 e. The van der Waals surface area contributed by atoms with Crippen LogP contribution in [0.2, 0.25) is 0 Å². The lowest BCUT2D eigenvalue weighted by atomic mass is 10.1. The van der Waals surface area contributed by atoms with Gasteiger partial charge < -0.3 is 25.8 Å². The Morgan fingerprint density at radius 1 is 1.11 bits per heavy atom. The molecule has 0 saturated heterocycles. The summed E-state index contributed by atoms with van der Waals surface area (Å²) in [5.74, 6) is 4.58. The molecule has 0 heterocycles. The van der Waals surface area contributed by atoms with Crippen molar-refractivity contribution in [1.82, 2.24) is 16.0 Å². The fourth-order valence-electron chi connectivity index (χ4n) is 3.08. The number of amides is 2. The monoisotopic (exact) mass is 475 g/mol. The highest BCUT2D eigenvalue weighted by Crippen LogP contribution is 2.17. The van der Waals surface area contributed by atoms with E-state index in [-0.39, 0.29) is 25.6 Å². The van der Waals surface area contributed by atoms with Gasteiger partial charge in [-0.15, -0.1) is 0 Å². The van der Waals surface area contributed by atoms with Crippen LogP contribution in [0.1, 0.15) is 39.9 Å². The lowest BCUT2D eigenvalue weighted by molar-refractivity contribution is -0.142. The normalized spacial score (nSPS) is 13.4. The molecule has 0 aromatic heterocycles. The number of hydrogen-bond donors (Lipinski definition) is 4. The number of aliphatic hydroxyl groups is 1. The van der Waals surface area contributed by atoms with Gasteiger partial charge in [0.05, 0.1) is 20.3 Å². The van der Waals surface area contributed by atoms with Gasteiger partial charge in [-0.3, -0.25) is 9.59 Å². The molecule has 1 fully saturated rings. The molecule has 1 saturated carbocycles. The third-order valence-electron chi connectivity index (χ3n) is 5.31. The van der Waals surface area contributed by atoms with Crippen molar-refractivity contribution in [3.63, 3.8) is 0 Å². The van der Waals surface area contributed by atoms with Gasteiger partial charge >= 0.3 is 5.97 Å². The van der Waals surface area contributed by atoms with E-state index in [0.29, 0.717) is 11.6 Å². The SMILES string of the molecule is COC(=O)[C@H](CNC(=O)CNC1CC1)NC(=O)c1ccc(C#C/C=C/c2ccc(CO)cc2)cc1. The van der Waals surface area contributed by atoms with Crippen molar-refractivity contribution in [3.05, 3.63) is 76.9 Å². The largest absolute Gasteiger partial charge is 0.467 e. The molecule has 8 heteroatoms. The number of benzene rings is 2. The fraction of sp³-hybridized carbons (Fsp3) is 0.296. The number of rotatable bonds is 10. The number of hydrogen-bond acceptors (Lipinski definition) is 6. The van der Waals surface area contributed by atoms with Crippen molar-refractivity contribution in [2.45, 2.75) is 31.5 Å². The number of carbonyl (C=O) groups excluding carboxylic acids is 3. The number of aliphatic hydroxyl groups excluding tert-OH is 1. The molecule has 0 spiro atoms. The van der Waals surface area contributed by atoms with Crippen molar-refractivity contribution in [2.75, 3.05) is 20.2 Å². The molecule has 35 heavy (non-hydrogen) atoms. The molecule has 0 bridgehead atoms. The van der Waals surface area contributed by atoms with Crippen molar-refractivity contribution in [1.29, 1.82) is 0 Å². The van der Waals surface area contributed by atoms with E-state index in [2.05, 4.69) is 27.8 Å². The number of ether oxygens (including phenoxy) is 1. The maximum atomic E-state index is 12.6. The predicted octanol–water partition coefficient (Wildman–Crippen LogP) is 1.38. The topological polar surface area (TPSA) is 117 Å². The first kappa shape index (κ1) is 25.7. The van der Waals surface area contributed by atoms with E-state index < -0.39 is 17.9 Å². The molecule has 1 aliphatic carbocycles. The Balaban J connectivity index is 1.52. The van der Waals surface area contributed by atoms with Gasteiger partial charge in [0.1, 0.15) is 6.04 Å². The average Bonchev–Trinajstić information content (AvgIpc) is 3.72. The van der Waals surface area contributed by atoms with Crippen LogP contribution in [-0.2, 0) is 20.9 Å². The molecule has 0 aliphatic heterocycles. The van der Waals surface area contributed by atoms with Gasteiger partial charge in [-0.05, 0) is 60.4 Å². The third kappa shape index (κ3) is 8.74. The number of nitrogens with one attached hydrogen (secondary N) is 3. The zero-order chi connectivity index (χ0) is 25.0. The summed E-state index contributed by atoms with van der Waals surface area (Å²) < 4.78 is 4.75. The van der Waals surface area contributed by atoms with E-state index in [9.17, 15) is 14.4 Å². The molecule has 2 amide bonds. The highest BCUT2D eigenvalue weighted by atomic mass is 16.5. The summed E-state index contributed by atoms with van der Waals surface area (Å²) in [5, 5.41) is 17.4. The van der Waals surface area contributed by atoms with Crippen molar-refractivity contribution in [3.8, 4) is 11.8 Å². The molecular formula is C27H29N3O5. The van der Waals surface area contributed by atoms with Gasteiger partial charge in [-0.2, -0.15) is 0 Å². The fourth-order valence-corrected chi connectivity index (χ4v) is 3.08. The maximum absolute atomic E-state index is 12.6. The highest BCUT2D eigenvalue weighted by molar-refractivity contribution is 5.97. The Bertz CT molecular complexity index is 1110. The number of carbonyl (C=O) groups is 3.